The standard InChI is InChI=1S/C10H18Br2Cl2O.C2H5Br.Mg.2H/c11-9(13)5-1-3-7-15-8-4-2-6-10(12)14;1-2-3;;;/h9-10H,1-8H2;2H2,1H3;;;. The average molecular weight is 520 g/mol. The monoisotopic (exact) mass is 516 g/mol. The van der Waals surface area contributed by atoms with E-state index in [0.29, 0.717) is 0 Å². The molecule has 0 aromatic heterocycles. The molecule has 0 aromatic rings. The van der Waals surface area contributed by atoms with Crippen LogP contribution in [-0.2, 0) is 4.74 Å². The molecule has 0 heterocycles. The van der Waals surface area contributed by atoms with Crippen LogP contribution < -0.4 is 0 Å². The minimum atomic E-state index is 0. The smallest absolute Gasteiger partial charge is 0.316 e. The molecular weight excluding hydrogens is 495 g/mol. The van der Waals surface area contributed by atoms with Crippen molar-refractivity contribution >= 4 is 94.0 Å². The highest BCUT2D eigenvalue weighted by Gasteiger charge is 1.99. The Kier molecular flexibility index (Phi) is 32.3. The molecule has 0 aliphatic rings. The fraction of sp³-hybridized carbons (Fsp3) is 1.00. The molecule has 0 bridgehead atoms. The highest BCUT2D eigenvalue weighted by atomic mass is 79.9. The molecule has 0 saturated carbocycles. The Bertz CT molecular complexity index is 141. The summed E-state index contributed by atoms with van der Waals surface area (Å²) >= 11 is 21.2. The zero-order valence-corrected chi connectivity index (χ0v) is 17.1. The molecule has 0 radical (unpaired) electrons. The predicted octanol–water partition coefficient (Wildman–Crippen LogP) is 5.75. The number of ether oxygens (including phenoxy) is 1. The summed E-state index contributed by atoms with van der Waals surface area (Å²) in [5.74, 6) is 0. The summed E-state index contributed by atoms with van der Waals surface area (Å²) < 4.78 is 5.70. The topological polar surface area (TPSA) is 9.23 Å². The van der Waals surface area contributed by atoms with Gasteiger partial charge in [-0.15, -0.1) is 23.2 Å². The maximum Gasteiger partial charge on any atom is 0.316 e. The Morgan fingerprint density at radius 3 is 1.47 bits per heavy atom. The molecule has 116 valence electrons. The van der Waals surface area contributed by atoms with E-state index in [4.69, 9.17) is 27.9 Å². The van der Waals surface area contributed by atoms with Gasteiger partial charge >= 0.3 is 23.1 Å². The normalized spacial score (nSPS) is 12.9. The molecule has 0 amide bonds. The summed E-state index contributed by atoms with van der Waals surface area (Å²) in [6.45, 7) is 3.73. The quantitative estimate of drug-likeness (QED) is 0.203. The molecule has 1 nitrogen and oxygen atoms in total. The van der Waals surface area contributed by atoms with Crippen molar-refractivity contribution in [1.82, 2.24) is 0 Å². The third kappa shape index (κ3) is 33.5. The first-order valence-electron chi connectivity index (χ1n) is 6.24. The van der Waals surface area contributed by atoms with Gasteiger partial charge in [0.05, 0.1) is 8.57 Å². The van der Waals surface area contributed by atoms with Crippen LogP contribution in [0.1, 0.15) is 45.4 Å². The third-order valence-electron chi connectivity index (χ3n) is 1.92. The van der Waals surface area contributed by atoms with Gasteiger partial charge in [0.2, 0.25) is 0 Å². The molecular formula is C12H25Br3Cl2MgO. The van der Waals surface area contributed by atoms with Gasteiger partial charge in [-0.25, -0.2) is 0 Å². The van der Waals surface area contributed by atoms with E-state index in [1.54, 1.807) is 0 Å². The fourth-order valence-electron chi connectivity index (χ4n) is 1.11. The molecule has 0 spiro atoms. The Morgan fingerprint density at radius 2 is 1.21 bits per heavy atom. The summed E-state index contributed by atoms with van der Waals surface area (Å²) in [5, 5.41) is 1.06. The van der Waals surface area contributed by atoms with Crippen LogP contribution in [0, 0.1) is 0 Å². The van der Waals surface area contributed by atoms with E-state index in [-0.39, 0.29) is 31.6 Å². The lowest BCUT2D eigenvalue weighted by molar-refractivity contribution is 0.126. The Labute approximate surface area is 169 Å². The van der Waals surface area contributed by atoms with Crippen LogP contribution >= 0.6 is 71.0 Å². The van der Waals surface area contributed by atoms with Gasteiger partial charge in [-0.3, -0.25) is 0 Å². The van der Waals surface area contributed by atoms with Gasteiger partial charge in [0.15, 0.2) is 0 Å². The van der Waals surface area contributed by atoms with Crippen molar-refractivity contribution in [2.45, 2.75) is 54.0 Å². The van der Waals surface area contributed by atoms with Crippen LogP contribution in [0.25, 0.3) is 0 Å². The van der Waals surface area contributed by atoms with Crippen molar-refractivity contribution in [2.24, 2.45) is 0 Å². The van der Waals surface area contributed by atoms with E-state index in [1.165, 1.54) is 0 Å². The Hall–Kier alpha value is 2.75. The molecule has 0 rings (SSSR count). The summed E-state index contributed by atoms with van der Waals surface area (Å²) in [6.07, 6.45) is 6.41. The maximum atomic E-state index is 5.75. The fourth-order valence-corrected chi connectivity index (χ4v) is 2.06. The van der Waals surface area contributed by atoms with Crippen LogP contribution in [0.5, 0.6) is 0 Å². The van der Waals surface area contributed by atoms with Gasteiger partial charge in [0.25, 0.3) is 0 Å². The van der Waals surface area contributed by atoms with Gasteiger partial charge in [0, 0.05) is 18.5 Å². The first kappa shape index (κ1) is 26.6. The number of halogens is 5. The van der Waals surface area contributed by atoms with Crippen molar-refractivity contribution in [3.63, 3.8) is 0 Å². The zero-order chi connectivity index (χ0) is 14.2. The summed E-state index contributed by atoms with van der Waals surface area (Å²) in [7, 11) is 0. The molecule has 0 fully saturated rings. The minimum absolute atomic E-state index is 0. The Morgan fingerprint density at radius 1 is 0.895 bits per heavy atom. The van der Waals surface area contributed by atoms with E-state index in [9.17, 15) is 0 Å². The number of unbranched alkanes of at least 4 members (excludes halogenated alkanes) is 2. The van der Waals surface area contributed by atoms with Crippen LogP contribution in [0.4, 0.5) is 0 Å². The first-order chi connectivity index (χ1) is 8.54. The van der Waals surface area contributed by atoms with E-state index in [2.05, 4.69) is 47.8 Å². The van der Waals surface area contributed by atoms with E-state index in [0.717, 1.165) is 57.1 Å². The third-order valence-corrected chi connectivity index (χ3v) is 3.27. The van der Waals surface area contributed by atoms with E-state index < -0.39 is 0 Å². The lowest BCUT2D eigenvalue weighted by Gasteiger charge is -2.05. The van der Waals surface area contributed by atoms with Gasteiger partial charge < -0.3 is 4.74 Å². The highest BCUT2D eigenvalue weighted by molar-refractivity contribution is 9.10. The molecule has 19 heavy (non-hydrogen) atoms. The molecule has 0 saturated heterocycles. The zero-order valence-electron chi connectivity index (χ0n) is 10.8. The molecule has 2 unspecified atom stereocenters. The van der Waals surface area contributed by atoms with Crippen LogP contribution in [0.2, 0.25) is 0 Å². The number of alkyl halides is 5. The first-order valence-corrected chi connectivity index (χ1v) is 10.1. The molecule has 2 atom stereocenters. The van der Waals surface area contributed by atoms with Crippen LogP contribution in [0.3, 0.4) is 0 Å². The van der Waals surface area contributed by atoms with Crippen molar-refractivity contribution in [3.05, 3.63) is 0 Å². The van der Waals surface area contributed by atoms with E-state index >= 15 is 0 Å². The minimum Gasteiger partial charge on any atom is -0.381 e. The molecule has 0 aliphatic heterocycles. The predicted molar refractivity (Wildman–Crippen MR) is 104 cm³/mol. The second-order valence-corrected chi connectivity index (χ2v) is 9.09. The Balaban J connectivity index is -0.000000580. The number of hydrogen-bond acceptors (Lipinski definition) is 1. The summed E-state index contributed by atoms with van der Waals surface area (Å²) in [4.78, 5) is 0. The summed E-state index contributed by atoms with van der Waals surface area (Å²) in [6, 6.07) is 0. The largest absolute Gasteiger partial charge is 0.381 e. The van der Waals surface area contributed by atoms with Crippen LogP contribution in [-0.4, -0.2) is 50.2 Å². The average Bonchev–Trinajstić information content (AvgIpc) is 2.27. The van der Waals surface area contributed by atoms with E-state index in [1.807, 2.05) is 6.92 Å². The lowest BCUT2D eigenvalue weighted by atomic mass is 10.2. The van der Waals surface area contributed by atoms with Crippen molar-refractivity contribution in [3.8, 4) is 0 Å². The van der Waals surface area contributed by atoms with Crippen LogP contribution in [0.15, 0.2) is 0 Å². The van der Waals surface area contributed by atoms with Gasteiger partial charge in [-0.1, -0.05) is 54.7 Å². The van der Waals surface area contributed by atoms with Crippen molar-refractivity contribution < 1.29 is 4.74 Å². The molecule has 0 N–H and O–H groups in total. The molecule has 0 aromatic carbocycles. The maximum absolute atomic E-state index is 5.75. The van der Waals surface area contributed by atoms with Gasteiger partial charge in [0.1, 0.15) is 0 Å². The number of rotatable bonds is 10. The molecule has 7 heteroatoms. The SMILES string of the molecule is CCBr.ClC(Br)CCCCOCCCCC(Cl)Br.[MgH2]. The lowest BCUT2D eigenvalue weighted by Crippen LogP contribution is -1.99. The second kappa shape index (κ2) is 23.0. The van der Waals surface area contributed by atoms with Crippen molar-refractivity contribution in [2.75, 3.05) is 18.5 Å². The highest BCUT2D eigenvalue weighted by Crippen LogP contribution is 2.14. The summed E-state index contributed by atoms with van der Waals surface area (Å²) in [5.41, 5.74) is 0. The molecule has 0 aliphatic carbocycles. The van der Waals surface area contributed by atoms with Gasteiger partial charge in [-0.05, 0) is 38.5 Å². The van der Waals surface area contributed by atoms with Gasteiger partial charge in [-0.2, -0.15) is 0 Å². The van der Waals surface area contributed by atoms with Crippen molar-refractivity contribution in [1.29, 1.82) is 0 Å². The number of hydrogen-bond donors (Lipinski definition) is 0. The second-order valence-electron chi connectivity index (χ2n) is 3.65.